The molecule has 0 bridgehead atoms. The SMILES string of the molecule is Cc1cc(NC(=O)CN2C[C@]3(CC[C@@](c4ccccc4)(N(C)C)CC3)N(CC3CCC3)C2=O)ccn1. The normalized spacial score (nSPS) is 26.5. The monoisotopic (exact) mass is 489 g/mol. The smallest absolute Gasteiger partial charge is 0.321 e. The molecule has 1 aromatic carbocycles. The van der Waals surface area contributed by atoms with Gasteiger partial charge in [-0.05, 0) is 83.2 Å². The van der Waals surface area contributed by atoms with Gasteiger partial charge in [-0.15, -0.1) is 0 Å². The van der Waals surface area contributed by atoms with Crippen LogP contribution in [-0.4, -0.2) is 70.9 Å². The summed E-state index contributed by atoms with van der Waals surface area (Å²) in [5.41, 5.74) is 2.69. The predicted octanol–water partition coefficient (Wildman–Crippen LogP) is 4.64. The number of aryl methyl sites for hydroxylation is 1. The summed E-state index contributed by atoms with van der Waals surface area (Å²) in [5, 5.41) is 2.95. The zero-order valence-corrected chi connectivity index (χ0v) is 21.9. The summed E-state index contributed by atoms with van der Waals surface area (Å²) in [7, 11) is 4.35. The summed E-state index contributed by atoms with van der Waals surface area (Å²) in [6, 6.07) is 14.5. The zero-order valence-electron chi connectivity index (χ0n) is 21.9. The highest BCUT2D eigenvalue weighted by molar-refractivity contribution is 5.94. The van der Waals surface area contributed by atoms with Gasteiger partial charge in [-0.1, -0.05) is 36.8 Å². The fourth-order valence-corrected chi connectivity index (χ4v) is 6.51. The molecule has 0 atom stereocenters. The maximum atomic E-state index is 13.7. The quantitative estimate of drug-likeness (QED) is 0.615. The molecule has 3 amide bonds. The van der Waals surface area contributed by atoms with Gasteiger partial charge in [0.15, 0.2) is 0 Å². The minimum absolute atomic E-state index is 0.0261. The standard InChI is InChI=1S/C29H39N5O2/c1-22-18-25(12-17-30-22)31-26(35)20-33-21-28(34(27(33)36)19-23-8-7-9-23)13-15-29(16-14-28,32(2)3)24-10-5-4-6-11-24/h4-6,10-12,17-18,23H,7-9,13-16,19-21H2,1-3H3,(H,30,31,35)/t28-,29-. The Kier molecular flexibility index (Phi) is 6.77. The van der Waals surface area contributed by atoms with Gasteiger partial charge < -0.3 is 15.1 Å². The molecule has 2 aliphatic carbocycles. The third-order valence-electron chi connectivity index (χ3n) is 8.91. The lowest BCUT2D eigenvalue weighted by atomic mass is 9.68. The average molecular weight is 490 g/mol. The Morgan fingerprint density at radius 2 is 1.83 bits per heavy atom. The molecule has 0 unspecified atom stereocenters. The first-order chi connectivity index (χ1) is 17.3. The number of carbonyl (C=O) groups is 2. The lowest BCUT2D eigenvalue weighted by Gasteiger charge is -2.51. The van der Waals surface area contributed by atoms with Crippen molar-refractivity contribution in [2.75, 3.05) is 39.0 Å². The van der Waals surface area contributed by atoms with Crippen molar-refractivity contribution in [2.24, 2.45) is 5.92 Å². The molecule has 0 radical (unpaired) electrons. The highest BCUT2D eigenvalue weighted by atomic mass is 16.2. The van der Waals surface area contributed by atoms with Crippen LogP contribution in [0.4, 0.5) is 10.5 Å². The topological polar surface area (TPSA) is 68.8 Å². The number of carbonyl (C=O) groups excluding carboxylic acids is 2. The second kappa shape index (κ2) is 9.85. The Morgan fingerprint density at radius 1 is 1.11 bits per heavy atom. The lowest BCUT2D eigenvalue weighted by Crippen LogP contribution is -2.56. The molecule has 7 nitrogen and oxygen atoms in total. The maximum absolute atomic E-state index is 13.7. The van der Waals surface area contributed by atoms with Crippen molar-refractivity contribution in [3.63, 3.8) is 0 Å². The summed E-state index contributed by atoms with van der Waals surface area (Å²) in [6.45, 7) is 3.43. The van der Waals surface area contributed by atoms with Crippen LogP contribution in [0.15, 0.2) is 48.7 Å². The van der Waals surface area contributed by atoms with Crippen molar-refractivity contribution in [2.45, 2.75) is 62.9 Å². The van der Waals surface area contributed by atoms with Crippen LogP contribution in [0.3, 0.4) is 0 Å². The highest BCUT2D eigenvalue weighted by Gasteiger charge is 2.55. The van der Waals surface area contributed by atoms with Crippen molar-refractivity contribution in [3.05, 3.63) is 59.9 Å². The second-order valence-corrected chi connectivity index (χ2v) is 11.3. The van der Waals surface area contributed by atoms with Crippen molar-refractivity contribution >= 4 is 17.6 Å². The summed E-state index contributed by atoms with van der Waals surface area (Å²) in [6.07, 6.45) is 9.23. The van der Waals surface area contributed by atoms with E-state index in [0.717, 1.165) is 43.6 Å². The number of hydrogen-bond donors (Lipinski definition) is 1. The number of anilines is 1. The molecule has 3 aliphatic rings. The van der Waals surface area contributed by atoms with Gasteiger partial charge in [-0.3, -0.25) is 14.7 Å². The molecule has 7 heteroatoms. The van der Waals surface area contributed by atoms with E-state index in [9.17, 15) is 9.59 Å². The van der Waals surface area contributed by atoms with Crippen LogP contribution >= 0.6 is 0 Å². The minimum atomic E-state index is -0.200. The van der Waals surface area contributed by atoms with Gasteiger partial charge in [-0.2, -0.15) is 0 Å². The Bertz CT molecular complexity index is 1090. The summed E-state index contributed by atoms with van der Waals surface area (Å²) in [4.78, 5) is 37.1. The molecular weight excluding hydrogens is 450 g/mol. The fourth-order valence-electron chi connectivity index (χ4n) is 6.51. The van der Waals surface area contributed by atoms with E-state index in [2.05, 4.69) is 64.5 Å². The van der Waals surface area contributed by atoms with Crippen LogP contribution in [0.1, 0.15) is 56.2 Å². The lowest BCUT2D eigenvalue weighted by molar-refractivity contribution is -0.116. The third kappa shape index (κ3) is 4.61. The van der Waals surface area contributed by atoms with Crippen LogP contribution in [0, 0.1) is 12.8 Å². The van der Waals surface area contributed by atoms with Crippen LogP contribution in [0.25, 0.3) is 0 Å². The van der Waals surface area contributed by atoms with E-state index < -0.39 is 0 Å². The van der Waals surface area contributed by atoms with E-state index in [1.165, 1.54) is 24.8 Å². The van der Waals surface area contributed by atoms with E-state index in [4.69, 9.17) is 0 Å². The van der Waals surface area contributed by atoms with Crippen LogP contribution < -0.4 is 5.32 Å². The first-order valence-electron chi connectivity index (χ1n) is 13.3. The van der Waals surface area contributed by atoms with Crippen molar-refractivity contribution < 1.29 is 9.59 Å². The van der Waals surface area contributed by atoms with Crippen molar-refractivity contribution in [3.8, 4) is 0 Å². The van der Waals surface area contributed by atoms with E-state index >= 15 is 0 Å². The zero-order chi connectivity index (χ0) is 25.3. The number of pyridine rings is 1. The van der Waals surface area contributed by atoms with Crippen LogP contribution in [-0.2, 0) is 10.3 Å². The molecule has 1 aromatic heterocycles. The number of hydrogen-bond acceptors (Lipinski definition) is 4. The fraction of sp³-hybridized carbons (Fsp3) is 0.552. The highest BCUT2D eigenvalue weighted by Crippen LogP contribution is 2.49. The molecule has 3 fully saturated rings. The number of amides is 3. The van der Waals surface area contributed by atoms with Crippen molar-refractivity contribution in [1.29, 1.82) is 0 Å². The summed E-state index contributed by atoms with van der Waals surface area (Å²) < 4.78 is 0. The number of nitrogens with one attached hydrogen (secondary N) is 1. The molecule has 2 aromatic rings. The molecule has 2 heterocycles. The van der Waals surface area contributed by atoms with Gasteiger partial charge in [0.1, 0.15) is 6.54 Å². The number of urea groups is 1. The summed E-state index contributed by atoms with van der Waals surface area (Å²) in [5.74, 6) is 0.436. The van der Waals surface area contributed by atoms with Gasteiger partial charge in [0.2, 0.25) is 5.91 Å². The first kappa shape index (κ1) is 24.8. The van der Waals surface area contributed by atoms with Gasteiger partial charge in [-0.25, -0.2) is 4.79 Å². The Balaban J connectivity index is 1.34. The molecule has 1 saturated heterocycles. The van der Waals surface area contributed by atoms with Gasteiger partial charge in [0, 0.05) is 36.2 Å². The molecule has 1 spiro atoms. The molecule has 1 N–H and O–H groups in total. The Labute approximate surface area is 214 Å². The second-order valence-electron chi connectivity index (χ2n) is 11.3. The maximum Gasteiger partial charge on any atom is 0.321 e. The van der Waals surface area contributed by atoms with Crippen LogP contribution in [0.5, 0.6) is 0 Å². The average Bonchev–Trinajstić information content (AvgIpc) is 3.07. The van der Waals surface area contributed by atoms with Crippen LogP contribution in [0.2, 0.25) is 0 Å². The van der Waals surface area contributed by atoms with E-state index in [1.807, 2.05) is 13.0 Å². The van der Waals surface area contributed by atoms with Gasteiger partial charge in [0.05, 0.1) is 5.54 Å². The molecule has 5 rings (SSSR count). The summed E-state index contributed by atoms with van der Waals surface area (Å²) >= 11 is 0. The Hall–Kier alpha value is -2.93. The predicted molar refractivity (Wildman–Crippen MR) is 142 cm³/mol. The van der Waals surface area contributed by atoms with E-state index in [1.54, 1.807) is 17.2 Å². The third-order valence-corrected chi connectivity index (χ3v) is 8.91. The van der Waals surface area contributed by atoms with Gasteiger partial charge in [0.25, 0.3) is 0 Å². The molecule has 36 heavy (non-hydrogen) atoms. The largest absolute Gasteiger partial charge is 0.324 e. The molecule has 2 saturated carbocycles. The van der Waals surface area contributed by atoms with Crippen molar-refractivity contribution in [1.82, 2.24) is 19.7 Å². The number of aromatic nitrogens is 1. The minimum Gasteiger partial charge on any atom is -0.324 e. The first-order valence-corrected chi connectivity index (χ1v) is 13.3. The molecular formula is C29H39N5O2. The number of rotatable bonds is 7. The number of benzene rings is 1. The Morgan fingerprint density at radius 3 is 2.44 bits per heavy atom. The van der Waals surface area contributed by atoms with Gasteiger partial charge >= 0.3 is 6.03 Å². The van der Waals surface area contributed by atoms with E-state index in [0.29, 0.717) is 12.5 Å². The molecule has 1 aliphatic heterocycles. The van der Waals surface area contributed by atoms with E-state index in [-0.39, 0.29) is 29.6 Å². The number of nitrogens with zero attached hydrogens (tertiary/aromatic N) is 4. The molecule has 192 valence electrons.